The van der Waals surface area contributed by atoms with Crippen LogP contribution in [-0.4, -0.2) is 5.78 Å². The number of benzene rings is 1. The summed E-state index contributed by atoms with van der Waals surface area (Å²) < 4.78 is 0. The van der Waals surface area contributed by atoms with Gasteiger partial charge >= 0.3 is 0 Å². The van der Waals surface area contributed by atoms with Crippen LogP contribution in [0.1, 0.15) is 18.9 Å². The molecule has 1 aromatic carbocycles. The Morgan fingerprint density at radius 3 is 2.88 bits per heavy atom. The van der Waals surface area contributed by atoms with Crippen molar-refractivity contribution in [3.63, 3.8) is 0 Å². The first kappa shape index (κ1) is 12.5. The van der Waals surface area contributed by atoms with Crippen molar-refractivity contribution in [3.8, 4) is 6.07 Å². The fraction of sp³-hybridized carbons (Fsp3) is 0.167. The van der Waals surface area contributed by atoms with Crippen LogP contribution >= 0.6 is 0 Å². The number of ketones is 1. The van der Waals surface area contributed by atoms with Gasteiger partial charge in [0.2, 0.25) is 0 Å². The van der Waals surface area contributed by atoms with Crippen LogP contribution < -0.4 is 0 Å². The van der Waals surface area contributed by atoms with Gasteiger partial charge in [-0.25, -0.2) is 0 Å². The van der Waals surface area contributed by atoms with E-state index in [9.17, 15) is 4.79 Å². The van der Waals surface area contributed by atoms with Gasteiger partial charge in [0.05, 0.1) is 12.5 Å². The van der Waals surface area contributed by atoms with E-state index in [-0.39, 0.29) is 12.2 Å². The van der Waals surface area contributed by atoms with Crippen LogP contribution in [0.4, 0.5) is 5.69 Å². The lowest BCUT2D eigenvalue weighted by molar-refractivity contribution is -0.113. The van der Waals surface area contributed by atoms with Gasteiger partial charge in [-0.05, 0) is 24.1 Å². The van der Waals surface area contributed by atoms with Crippen LogP contribution in [-0.2, 0) is 4.79 Å². The molecule has 0 N–H and O–H groups in total. The standard InChI is InChI=1S/C12H10N4O/c1-9(17)10(6-7-13)8-11-4-2-3-5-12(11)15-16-14/h2-5,8H,6H2,1H3/b10-8+. The zero-order valence-electron chi connectivity index (χ0n) is 9.29. The van der Waals surface area contributed by atoms with Crippen LogP contribution in [0.3, 0.4) is 0 Å². The van der Waals surface area contributed by atoms with Crippen molar-refractivity contribution in [1.82, 2.24) is 0 Å². The molecule has 0 aliphatic rings. The van der Waals surface area contributed by atoms with Gasteiger partial charge in [0.1, 0.15) is 0 Å². The lowest BCUT2D eigenvalue weighted by Gasteiger charge is -2.01. The molecule has 0 aromatic heterocycles. The van der Waals surface area contributed by atoms with E-state index in [4.69, 9.17) is 10.8 Å². The molecule has 1 rings (SSSR count). The number of hydrogen-bond acceptors (Lipinski definition) is 3. The van der Waals surface area contributed by atoms with Gasteiger partial charge in [0.15, 0.2) is 5.78 Å². The van der Waals surface area contributed by atoms with Crippen LogP contribution in [0.25, 0.3) is 16.5 Å². The molecular weight excluding hydrogens is 216 g/mol. The SMILES string of the molecule is CC(=O)/C(=C/c1ccccc1N=[N+]=[N-])CC#N. The number of rotatable bonds is 4. The number of allylic oxidation sites excluding steroid dienone is 1. The first-order chi connectivity index (χ1) is 8.19. The normalized spacial score (nSPS) is 10.2. The quantitative estimate of drug-likeness (QED) is 0.340. The molecular formula is C12H10N4O. The first-order valence-electron chi connectivity index (χ1n) is 4.91. The van der Waals surface area contributed by atoms with E-state index in [1.165, 1.54) is 6.92 Å². The maximum atomic E-state index is 11.3. The highest BCUT2D eigenvalue weighted by atomic mass is 16.1. The monoisotopic (exact) mass is 226 g/mol. The summed E-state index contributed by atoms with van der Waals surface area (Å²) in [5.41, 5.74) is 9.87. The Bertz CT molecular complexity index is 548. The summed E-state index contributed by atoms with van der Waals surface area (Å²) in [4.78, 5) is 14.0. The lowest BCUT2D eigenvalue weighted by Crippen LogP contribution is -1.95. The molecule has 5 heteroatoms. The third-order valence-corrected chi connectivity index (χ3v) is 2.14. The van der Waals surface area contributed by atoms with Gasteiger partial charge in [-0.15, -0.1) is 0 Å². The molecule has 0 bridgehead atoms. The molecule has 17 heavy (non-hydrogen) atoms. The smallest absolute Gasteiger partial charge is 0.156 e. The molecule has 0 fully saturated rings. The molecule has 0 unspecified atom stereocenters. The van der Waals surface area contributed by atoms with Crippen LogP contribution in [0.2, 0.25) is 0 Å². The first-order valence-corrected chi connectivity index (χ1v) is 4.91. The molecule has 84 valence electrons. The summed E-state index contributed by atoms with van der Waals surface area (Å²) in [6, 6.07) is 8.81. The van der Waals surface area contributed by atoms with Crippen molar-refractivity contribution in [1.29, 1.82) is 5.26 Å². The Hall–Kier alpha value is -2.57. The largest absolute Gasteiger partial charge is 0.295 e. The highest BCUT2D eigenvalue weighted by Gasteiger charge is 2.05. The van der Waals surface area contributed by atoms with E-state index in [1.54, 1.807) is 30.3 Å². The number of nitriles is 1. The third-order valence-electron chi connectivity index (χ3n) is 2.14. The molecule has 0 amide bonds. The number of azide groups is 1. The van der Waals surface area contributed by atoms with Crippen molar-refractivity contribution in [2.45, 2.75) is 13.3 Å². The average molecular weight is 226 g/mol. The van der Waals surface area contributed by atoms with Gasteiger partial charge in [0, 0.05) is 16.2 Å². The van der Waals surface area contributed by atoms with Crippen molar-refractivity contribution >= 4 is 17.5 Å². The minimum Gasteiger partial charge on any atom is -0.295 e. The fourth-order valence-electron chi connectivity index (χ4n) is 1.30. The van der Waals surface area contributed by atoms with Crippen LogP contribution in [0.5, 0.6) is 0 Å². The number of carbonyl (C=O) groups excluding carboxylic acids is 1. The van der Waals surface area contributed by atoms with E-state index < -0.39 is 0 Å². The highest BCUT2D eigenvalue weighted by Crippen LogP contribution is 2.22. The van der Waals surface area contributed by atoms with Gasteiger partial charge in [-0.2, -0.15) is 5.26 Å². The van der Waals surface area contributed by atoms with E-state index in [2.05, 4.69) is 10.0 Å². The van der Waals surface area contributed by atoms with E-state index in [0.717, 1.165) is 0 Å². The Morgan fingerprint density at radius 2 is 2.29 bits per heavy atom. The second-order valence-corrected chi connectivity index (χ2v) is 3.31. The molecule has 0 saturated heterocycles. The molecule has 0 heterocycles. The molecule has 0 aliphatic heterocycles. The van der Waals surface area contributed by atoms with Crippen molar-refractivity contribution in [2.24, 2.45) is 5.11 Å². The summed E-state index contributed by atoms with van der Waals surface area (Å²) in [5.74, 6) is -0.165. The minimum atomic E-state index is -0.165. The number of hydrogen-bond donors (Lipinski definition) is 0. The van der Waals surface area contributed by atoms with Gasteiger partial charge in [0.25, 0.3) is 0 Å². The van der Waals surface area contributed by atoms with Gasteiger partial charge in [-0.3, -0.25) is 4.79 Å². The van der Waals surface area contributed by atoms with E-state index >= 15 is 0 Å². The van der Waals surface area contributed by atoms with Crippen LogP contribution in [0, 0.1) is 11.3 Å². The second-order valence-electron chi connectivity index (χ2n) is 3.31. The zero-order valence-corrected chi connectivity index (χ0v) is 9.29. The molecule has 5 nitrogen and oxygen atoms in total. The summed E-state index contributed by atoms with van der Waals surface area (Å²) >= 11 is 0. The molecule has 0 radical (unpaired) electrons. The molecule has 0 aliphatic carbocycles. The highest BCUT2D eigenvalue weighted by molar-refractivity contribution is 5.98. The lowest BCUT2D eigenvalue weighted by atomic mass is 10.0. The predicted molar refractivity (Wildman–Crippen MR) is 64.1 cm³/mol. The van der Waals surface area contributed by atoms with Crippen molar-refractivity contribution < 1.29 is 4.79 Å². The van der Waals surface area contributed by atoms with Gasteiger partial charge < -0.3 is 0 Å². The maximum Gasteiger partial charge on any atom is 0.156 e. The predicted octanol–water partition coefficient (Wildman–Crippen LogP) is 3.51. The minimum absolute atomic E-state index is 0.0416. The number of carbonyl (C=O) groups is 1. The van der Waals surface area contributed by atoms with Crippen LogP contribution in [0.15, 0.2) is 35.0 Å². The summed E-state index contributed by atoms with van der Waals surface area (Å²) in [7, 11) is 0. The Kier molecular flexibility index (Phi) is 4.49. The second kappa shape index (κ2) is 6.11. The van der Waals surface area contributed by atoms with E-state index in [0.29, 0.717) is 16.8 Å². The zero-order chi connectivity index (χ0) is 12.7. The number of Topliss-reactive ketones (excluding diaryl/α,β-unsaturated/α-hetero) is 1. The Morgan fingerprint density at radius 1 is 1.59 bits per heavy atom. The maximum absolute atomic E-state index is 11.3. The van der Waals surface area contributed by atoms with E-state index in [1.807, 2.05) is 6.07 Å². The fourth-order valence-corrected chi connectivity index (χ4v) is 1.30. The van der Waals surface area contributed by atoms with Crippen molar-refractivity contribution in [3.05, 3.63) is 45.8 Å². The summed E-state index contributed by atoms with van der Waals surface area (Å²) in [6.45, 7) is 1.40. The molecule has 0 saturated carbocycles. The van der Waals surface area contributed by atoms with Crippen molar-refractivity contribution in [2.75, 3.05) is 0 Å². The number of nitrogens with zero attached hydrogens (tertiary/aromatic N) is 4. The Balaban J connectivity index is 3.24. The topological polar surface area (TPSA) is 89.6 Å². The molecule has 0 spiro atoms. The van der Waals surface area contributed by atoms with Gasteiger partial charge in [-0.1, -0.05) is 29.4 Å². The Labute approximate surface area is 98.6 Å². The average Bonchev–Trinajstić information content (AvgIpc) is 2.31. The summed E-state index contributed by atoms with van der Waals surface area (Å²) in [5, 5.41) is 12.1. The molecule has 1 aromatic rings. The molecule has 0 atom stereocenters. The summed E-state index contributed by atoms with van der Waals surface area (Å²) in [6.07, 6.45) is 1.62. The third kappa shape index (κ3) is 3.49.